The molecule has 1 saturated carbocycles. The molecule has 2 nitrogen and oxygen atoms in total. The fraction of sp³-hybridized carbons (Fsp3) is 0.545. The van der Waals surface area contributed by atoms with Crippen LogP contribution in [0, 0.1) is 5.92 Å². The van der Waals surface area contributed by atoms with Crippen LogP contribution < -0.4 is 0 Å². The number of ether oxygens (including phenoxy) is 1. The van der Waals surface area contributed by atoms with E-state index in [1.807, 2.05) is 19.1 Å². The highest BCUT2D eigenvalue weighted by Crippen LogP contribution is 2.27. The van der Waals surface area contributed by atoms with Gasteiger partial charge in [0.25, 0.3) is 0 Å². The van der Waals surface area contributed by atoms with E-state index in [1.165, 1.54) is 0 Å². The van der Waals surface area contributed by atoms with E-state index in [2.05, 4.69) is 6.92 Å². The molecule has 0 heterocycles. The summed E-state index contributed by atoms with van der Waals surface area (Å²) in [7, 11) is 1.63. The lowest BCUT2D eigenvalue weighted by Gasteiger charge is -2.01. The Hall–Kier alpha value is -1.05. The molecule has 0 N–H and O–H groups in total. The predicted octanol–water partition coefficient (Wildman–Crippen LogP) is 2.46. The van der Waals surface area contributed by atoms with Gasteiger partial charge in [-0.1, -0.05) is 13.0 Å². The minimum Gasteiger partial charge on any atom is -0.501 e. The SMILES string of the molecule is CO/C(C)=C/C=C1/C(=O)CCC1C. The zero-order valence-electron chi connectivity index (χ0n) is 8.46. The van der Waals surface area contributed by atoms with Crippen LogP contribution >= 0.6 is 0 Å². The molecule has 1 fully saturated rings. The lowest BCUT2D eigenvalue weighted by atomic mass is 10.0. The molecule has 1 rings (SSSR count). The first-order valence-electron chi connectivity index (χ1n) is 4.61. The minimum absolute atomic E-state index is 0.285. The van der Waals surface area contributed by atoms with Crippen molar-refractivity contribution >= 4 is 5.78 Å². The molecule has 1 aliphatic carbocycles. The number of methoxy groups -OCH3 is 1. The first kappa shape index (κ1) is 10.0. The van der Waals surface area contributed by atoms with Crippen molar-refractivity contribution < 1.29 is 9.53 Å². The van der Waals surface area contributed by atoms with Crippen LogP contribution in [0.5, 0.6) is 0 Å². The van der Waals surface area contributed by atoms with Gasteiger partial charge in [-0.05, 0) is 30.9 Å². The molecule has 1 unspecified atom stereocenters. The van der Waals surface area contributed by atoms with Crippen LogP contribution in [0.1, 0.15) is 26.7 Å². The van der Waals surface area contributed by atoms with Gasteiger partial charge in [0.05, 0.1) is 12.9 Å². The van der Waals surface area contributed by atoms with E-state index < -0.39 is 0 Å². The van der Waals surface area contributed by atoms with Crippen molar-refractivity contribution in [1.82, 2.24) is 0 Å². The molecule has 0 radical (unpaired) electrons. The second kappa shape index (κ2) is 4.26. The van der Waals surface area contributed by atoms with Crippen LogP contribution in [0.4, 0.5) is 0 Å². The third-order valence-corrected chi connectivity index (χ3v) is 2.48. The van der Waals surface area contributed by atoms with E-state index in [0.29, 0.717) is 12.3 Å². The lowest BCUT2D eigenvalue weighted by molar-refractivity contribution is -0.114. The standard InChI is InChI=1S/C11H16O2/c1-8-4-7-11(12)10(8)6-5-9(2)13-3/h5-6,8H,4,7H2,1-3H3/b9-5+,10-6+. The molecule has 0 aromatic carbocycles. The fourth-order valence-electron chi connectivity index (χ4n) is 1.45. The molecule has 1 aliphatic rings. The van der Waals surface area contributed by atoms with Crippen molar-refractivity contribution in [2.75, 3.05) is 7.11 Å². The third kappa shape index (κ3) is 2.44. The predicted molar refractivity (Wildman–Crippen MR) is 52.3 cm³/mol. The highest BCUT2D eigenvalue weighted by Gasteiger charge is 2.23. The van der Waals surface area contributed by atoms with Gasteiger partial charge in [0.2, 0.25) is 0 Å². The molecule has 0 saturated heterocycles. The Morgan fingerprint density at radius 3 is 2.77 bits per heavy atom. The van der Waals surface area contributed by atoms with Gasteiger partial charge in [-0.25, -0.2) is 0 Å². The Kier molecular flexibility index (Phi) is 3.29. The summed E-state index contributed by atoms with van der Waals surface area (Å²) in [6.07, 6.45) is 5.44. The average molecular weight is 180 g/mol. The Labute approximate surface area is 79.3 Å². The van der Waals surface area contributed by atoms with E-state index in [4.69, 9.17) is 4.74 Å². The molecule has 0 bridgehead atoms. The molecule has 72 valence electrons. The zero-order chi connectivity index (χ0) is 9.84. The van der Waals surface area contributed by atoms with Gasteiger partial charge in [-0.15, -0.1) is 0 Å². The third-order valence-electron chi connectivity index (χ3n) is 2.48. The van der Waals surface area contributed by atoms with Crippen molar-refractivity contribution in [1.29, 1.82) is 0 Å². The number of ketones is 1. The Bertz CT molecular complexity index is 261. The van der Waals surface area contributed by atoms with Crippen molar-refractivity contribution in [3.05, 3.63) is 23.5 Å². The van der Waals surface area contributed by atoms with E-state index in [9.17, 15) is 4.79 Å². The van der Waals surface area contributed by atoms with Gasteiger partial charge in [-0.2, -0.15) is 0 Å². The van der Waals surface area contributed by atoms with Crippen LogP contribution in [0.2, 0.25) is 0 Å². The largest absolute Gasteiger partial charge is 0.501 e. The number of rotatable bonds is 2. The van der Waals surface area contributed by atoms with Crippen molar-refractivity contribution in [3.63, 3.8) is 0 Å². The Morgan fingerprint density at radius 2 is 2.31 bits per heavy atom. The fourth-order valence-corrected chi connectivity index (χ4v) is 1.45. The van der Waals surface area contributed by atoms with Crippen LogP contribution in [0.3, 0.4) is 0 Å². The summed E-state index contributed by atoms with van der Waals surface area (Å²) < 4.78 is 4.99. The van der Waals surface area contributed by atoms with Crippen LogP contribution in [-0.2, 0) is 9.53 Å². The molecular formula is C11H16O2. The lowest BCUT2D eigenvalue weighted by Crippen LogP contribution is -1.96. The van der Waals surface area contributed by atoms with Gasteiger partial charge < -0.3 is 4.74 Å². The van der Waals surface area contributed by atoms with Gasteiger partial charge >= 0.3 is 0 Å². The number of carbonyl (C=O) groups is 1. The first-order valence-corrected chi connectivity index (χ1v) is 4.61. The van der Waals surface area contributed by atoms with Gasteiger partial charge in [0.1, 0.15) is 0 Å². The first-order chi connectivity index (χ1) is 6.15. The van der Waals surface area contributed by atoms with E-state index in [1.54, 1.807) is 7.11 Å². The summed E-state index contributed by atoms with van der Waals surface area (Å²) in [5, 5.41) is 0. The highest BCUT2D eigenvalue weighted by atomic mass is 16.5. The number of hydrogen-bond donors (Lipinski definition) is 0. The van der Waals surface area contributed by atoms with Gasteiger partial charge in [0, 0.05) is 6.42 Å². The van der Waals surface area contributed by atoms with Gasteiger partial charge in [-0.3, -0.25) is 4.79 Å². The van der Waals surface area contributed by atoms with Crippen LogP contribution in [0.15, 0.2) is 23.5 Å². The number of carbonyl (C=O) groups excluding carboxylic acids is 1. The maximum Gasteiger partial charge on any atom is 0.159 e. The maximum absolute atomic E-state index is 11.3. The quantitative estimate of drug-likeness (QED) is 0.482. The summed E-state index contributed by atoms with van der Waals surface area (Å²) in [5.74, 6) is 1.53. The minimum atomic E-state index is 0.285. The second-order valence-corrected chi connectivity index (χ2v) is 3.47. The van der Waals surface area contributed by atoms with E-state index in [-0.39, 0.29) is 5.78 Å². The highest BCUT2D eigenvalue weighted by molar-refractivity contribution is 5.98. The van der Waals surface area contributed by atoms with E-state index in [0.717, 1.165) is 17.8 Å². The molecule has 0 amide bonds. The summed E-state index contributed by atoms with van der Waals surface area (Å²) in [6, 6.07) is 0. The molecule has 13 heavy (non-hydrogen) atoms. The van der Waals surface area contributed by atoms with Gasteiger partial charge in [0.15, 0.2) is 5.78 Å². The molecule has 0 aromatic heterocycles. The summed E-state index contributed by atoms with van der Waals surface area (Å²) in [4.78, 5) is 11.3. The monoisotopic (exact) mass is 180 g/mol. The van der Waals surface area contributed by atoms with Crippen LogP contribution in [0.25, 0.3) is 0 Å². The normalized spacial score (nSPS) is 27.0. The average Bonchev–Trinajstić information content (AvgIpc) is 2.43. The number of Topliss-reactive ketones (excluding diaryl/α,β-unsaturated/α-hetero) is 1. The van der Waals surface area contributed by atoms with Crippen molar-refractivity contribution in [2.45, 2.75) is 26.7 Å². The Morgan fingerprint density at radius 1 is 1.62 bits per heavy atom. The van der Waals surface area contributed by atoms with Crippen molar-refractivity contribution in [3.8, 4) is 0 Å². The van der Waals surface area contributed by atoms with E-state index >= 15 is 0 Å². The maximum atomic E-state index is 11.3. The molecule has 0 spiro atoms. The molecule has 1 atom stereocenters. The smallest absolute Gasteiger partial charge is 0.159 e. The summed E-state index contributed by atoms with van der Waals surface area (Å²) in [5.41, 5.74) is 0.941. The topological polar surface area (TPSA) is 26.3 Å². The van der Waals surface area contributed by atoms with Crippen molar-refractivity contribution in [2.24, 2.45) is 5.92 Å². The van der Waals surface area contributed by atoms with Crippen LogP contribution in [-0.4, -0.2) is 12.9 Å². The molecule has 0 aromatic rings. The zero-order valence-corrected chi connectivity index (χ0v) is 8.46. The summed E-state index contributed by atoms with van der Waals surface area (Å²) in [6.45, 7) is 3.97. The molecule has 2 heteroatoms. The molecular weight excluding hydrogens is 164 g/mol. The second-order valence-electron chi connectivity index (χ2n) is 3.47. The number of allylic oxidation sites excluding steroid dienone is 4. The molecule has 0 aliphatic heterocycles. The number of hydrogen-bond acceptors (Lipinski definition) is 2. The Balaban J connectivity index is 2.75. The summed E-state index contributed by atoms with van der Waals surface area (Å²) >= 11 is 0.